The molecule has 1 saturated carbocycles. The summed E-state index contributed by atoms with van der Waals surface area (Å²) >= 11 is 0. The number of carboxylic acid groups (broad SMARTS) is 1. The number of nitrogens with one attached hydrogen (secondary N) is 2. The van der Waals surface area contributed by atoms with E-state index in [4.69, 9.17) is 29.8 Å². The molecule has 41 heavy (non-hydrogen) atoms. The molecule has 0 aliphatic heterocycles. The molecule has 11 nitrogen and oxygen atoms in total. The molecule has 4 aromatic rings. The third kappa shape index (κ3) is 7.49. The molecule has 0 amide bonds. The van der Waals surface area contributed by atoms with Crippen LogP contribution in [0.3, 0.4) is 0 Å². The third-order valence-electron chi connectivity index (χ3n) is 6.57. The summed E-state index contributed by atoms with van der Waals surface area (Å²) in [6.45, 7) is 1.73. The maximum absolute atomic E-state index is 14.4. The van der Waals surface area contributed by atoms with Crippen molar-refractivity contribution in [3.63, 3.8) is 0 Å². The topological polar surface area (TPSA) is 165 Å². The maximum atomic E-state index is 14.4. The molecule has 0 atom stereocenters. The number of halogens is 4. The number of H-pyrrole nitrogens is 1. The second-order valence-corrected chi connectivity index (χ2v) is 9.52. The highest BCUT2D eigenvalue weighted by Gasteiger charge is 2.43. The van der Waals surface area contributed by atoms with Crippen molar-refractivity contribution in [1.82, 2.24) is 25.4 Å². The molecule has 15 heteroatoms. The molecule has 1 aliphatic rings. The van der Waals surface area contributed by atoms with Crippen molar-refractivity contribution in [3.8, 4) is 5.75 Å². The SMILES string of the molecule is Cc1cccc(OC2CCC(Cc3cccc(Nc4ccn[nH]4)n3)(c3nnc(N)o3)CC2)c1F.O=C(O)C(F)(F)F. The number of aryl methyl sites for hydroxylation is 1. The lowest BCUT2D eigenvalue weighted by Gasteiger charge is -2.37. The Balaban J connectivity index is 0.000000493. The average Bonchev–Trinajstić information content (AvgIpc) is 3.60. The van der Waals surface area contributed by atoms with Crippen LogP contribution in [0.15, 0.2) is 53.1 Å². The van der Waals surface area contributed by atoms with E-state index in [0.29, 0.717) is 55.1 Å². The molecule has 218 valence electrons. The number of ether oxygens (including phenoxy) is 1. The van der Waals surface area contributed by atoms with Gasteiger partial charge in [0.2, 0.25) is 5.89 Å². The Morgan fingerprint density at radius 1 is 1.20 bits per heavy atom. The van der Waals surface area contributed by atoms with Gasteiger partial charge in [-0.3, -0.25) is 5.10 Å². The fourth-order valence-electron chi connectivity index (χ4n) is 4.53. The number of alkyl halides is 3. The number of aliphatic carboxylic acids is 1. The Morgan fingerprint density at radius 2 is 1.90 bits per heavy atom. The second kappa shape index (κ2) is 12.2. The van der Waals surface area contributed by atoms with Gasteiger partial charge in [-0.05, 0) is 56.4 Å². The number of aromatic nitrogens is 5. The number of pyridine rings is 1. The molecule has 5 rings (SSSR count). The minimum atomic E-state index is -5.08. The first-order valence-corrected chi connectivity index (χ1v) is 12.5. The number of aromatic amines is 1. The highest BCUT2D eigenvalue weighted by molar-refractivity contribution is 5.73. The predicted molar refractivity (Wildman–Crippen MR) is 138 cm³/mol. The van der Waals surface area contributed by atoms with E-state index in [9.17, 15) is 17.6 Å². The number of carbonyl (C=O) groups is 1. The number of nitrogen functional groups attached to an aromatic ring is 1. The monoisotopic (exact) mass is 577 g/mol. The quantitative estimate of drug-likeness (QED) is 0.217. The number of nitrogens with zero attached hydrogens (tertiary/aromatic N) is 4. The number of carboxylic acids is 1. The minimum absolute atomic E-state index is 0.0391. The average molecular weight is 578 g/mol. The van der Waals surface area contributed by atoms with Gasteiger partial charge in [0.25, 0.3) is 0 Å². The highest BCUT2D eigenvalue weighted by Crippen LogP contribution is 2.43. The first kappa shape index (κ1) is 29.3. The highest BCUT2D eigenvalue weighted by atomic mass is 19.4. The van der Waals surface area contributed by atoms with E-state index in [1.807, 2.05) is 24.3 Å². The van der Waals surface area contributed by atoms with E-state index in [0.717, 1.165) is 11.5 Å². The summed E-state index contributed by atoms with van der Waals surface area (Å²) in [5.41, 5.74) is 6.77. The molecule has 5 N–H and O–H groups in total. The van der Waals surface area contributed by atoms with Gasteiger partial charge >= 0.3 is 18.2 Å². The van der Waals surface area contributed by atoms with Crippen molar-refractivity contribution >= 4 is 23.6 Å². The van der Waals surface area contributed by atoms with Crippen LogP contribution in [0.2, 0.25) is 0 Å². The van der Waals surface area contributed by atoms with Gasteiger partial charge < -0.3 is 25.3 Å². The smallest absolute Gasteiger partial charge is 0.487 e. The van der Waals surface area contributed by atoms with Crippen LogP contribution in [0, 0.1) is 12.7 Å². The summed E-state index contributed by atoms with van der Waals surface area (Å²) in [6.07, 6.45) is -0.0721. The Labute approximate surface area is 231 Å². The van der Waals surface area contributed by atoms with Crippen LogP contribution in [-0.2, 0) is 16.6 Å². The Kier molecular flexibility index (Phi) is 8.74. The largest absolute Gasteiger partial charge is 0.490 e. The van der Waals surface area contributed by atoms with E-state index < -0.39 is 17.6 Å². The van der Waals surface area contributed by atoms with Gasteiger partial charge in [0.05, 0.1) is 17.7 Å². The Hall–Kier alpha value is -4.69. The Bertz CT molecular complexity index is 1450. The fourth-order valence-corrected chi connectivity index (χ4v) is 4.53. The summed E-state index contributed by atoms with van der Waals surface area (Å²) < 4.78 is 57.9. The van der Waals surface area contributed by atoms with Crippen molar-refractivity contribution in [2.45, 2.75) is 56.7 Å². The van der Waals surface area contributed by atoms with Crippen LogP contribution >= 0.6 is 0 Å². The van der Waals surface area contributed by atoms with Gasteiger partial charge in [0, 0.05) is 18.2 Å². The van der Waals surface area contributed by atoms with Crippen molar-refractivity contribution in [3.05, 3.63) is 71.6 Å². The molecule has 3 heterocycles. The van der Waals surface area contributed by atoms with Crippen LogP contribution in [0.1, 0.15) is 42.8 Å². The first-order valence-electron chi connectivity index (χ1n) is 12.5. The van der Waals surface area contributed by atoms with E-state index >= 15 is 0 Å². The zero-order chi connectivity index (χ0) is 29.6. The van der Waals surface area contributed by atoms with Gasteiger partial charge in [-0.15, -0.1) is 5.10 Å². The summed E-state index contributed by atoms with van der Waals surface area (Å²) in [4.78, 5) is 13.7. The first-order chi connectivity index (χ1) is 19.4. The number of rotatable bonds is 7. The van der Waals surface area contributed by atoms with Gasteiger partial charge in [-0.1, -0.05) is 23.3 Å². The van der Waals surface area contributed by atoms with Crippen LogP contribution < -0.4 is 15.8 Å². The molecule has 3 aromatic heterocycles. The van der Waals surface area contributed by atoms with E-state index in [1.165, 1.54) is 0 Å². The van der Waals surface area contributed by atoms with Crippen molar-refractivity contribution in [2.24, 2.45) is 0 Å². The maximum Gasteiger partial charge on any atom is 0.490 e. The van der Waals surface area contributed by atoms with Gasteiger partial charge in [0.15, 0.2) is 11.6 Å². The summed E-state index contributed by atoms with van der Waals surface area (Å²) in [5.74, 6) is -0.820. The molecule has 1 aliphatic carbocycles. The Morgan fingerprint density at radius 3 is 2.51 bits per heavy atom. The molecule has 0 saturated heterocycles. The fraction of sp³-hybridized carbons (Fsp3) is 0.346. The van der Waals surface area contributed by atoms with Crippen molar-refractivity contribution in [2.75, 3.05) is 11.1 Å². The minimum Gasteiger partial charge on any atom is -0.487 e. The number of hydrogen-bond donors (Lipinski definition) is 4. The molecule has 0 unspecified atom stereocenters. The van der Waals surface area contributed by atoms with Gasteiger partial charge in [-0.2, -0.15) is 18.3 Å². The standard InChI is InChI=1S/C24H26FN7O2.C2HF3O2/c1-15-4-2-6-18(21(15)25)33-17-8-11-24(12-9-17,22-31-32-23(26)34-22)14-16-5-3-7-19(28-16)29-20-10-13-27-30-20;3-2(4,5)1(6)7/h2-7,10,13,17H,8-9,11-12,14H2,1H3,(H2,26,32)(H2,27,28,29,30);(H,6,7). The van der Waals surface area contributed by atoms with E-state index in [2.05, 4.69) is 25.7 Å². The number of nitrogens with two attached hydrogens (primary N) is 1. The van der Waals surface area contributed by atoms with Gasteiger partial charge in [0.1, 0.15) is 11.6 Å². The lowest BCUT2D eigenvalue weighted by atomic mass is 9.70. The molecule has 0 bridgehead atoms. The zero-order valence-corrected chi connectivity index (χ0v) is 21.8. The molecular formula is C26H27F4N7O4. The van der Waals surface area contributed by atoms with Crippen LogP contribution in [0.4, 0.5) is 35.2 Å². The van der Waals surface area contributed by atoms with E-state index in [-0.39, 0.29) is 17.9 Å². The van der Waals surface area contributed by atoms with Gasteiger partial charge in [-0.25, -0.2) is 14.2 Å². The molecule has 0 radical (unpaired) electrons. The summed E-state index contributed by atoms with van der Waals surface area (Å²) in [6, 6.07) is 12.9. The molecular weight excluding hydrogens is 550 g/mol. The second-order valence-electron chi connectivity index (χ2n) is 9.52. The van der Waals surface area contributed by atoms with Crippen LogP contribution in [0.5, 0.6) is 5.75 Å². The molecule has 0 spiro atoms. The van der Waals surface area contributed by atoms with Crippen LogP contribution in [0.25, 0.3) is 0 Å². The molecule has 1 fully saturated rings. The third-order valence-corrected chi connectivity index (χ3v) is 6.57. The zero-order valence-electron chi connectivity index (χ0n) is 21.8. The number of benzene rings is 1. The number of hydrogen-bond acceptors (Lipinski definition) is 9. The van der Waals surface area contributed by atoms with Crippen molar-refractivity contribution < 1.29 is 36.6 Å². The van der Waals surface area contributed by atoms with E-state index in [1.54, 1.807) is 31.3 Å². The molecule has 1 aromatic carbocycles. The van der Waals surface area contributed by atoms with Crippen molar-refractivity contribution in [1.29, 1.82) is 0 Å². The normalized spacial score (nSPS) is 18.7. The predicted octanol–water partition coefficient (Wildman–Crippen LogP) is 5.10. The lowest BCUT2D eigenvalue weighted by molar-refractivity contribution is -0.192. The summed E-state index contributed by atoms with van der Waals surface area (Å²) in [5, 5.41) is 25.3. The lowest BCUT2D eigenvalue weighted by Crippen LogP contribution is -2.38. The number of anilines is 3. The van der Waals surface area contributed by atoms with Crippen LogP contribution in [-0.4, -0.2) is 48.7 Å². The summed E-state index contributed by atoms with van der Waals surface area (Å²) in [7, 11) is 0.